The Morgan fingerprint density at radius 2 is 2.50 bits per heavy atom. The highest BCUT2D eigenvalue weighted by atomic mass is 16.6. The normalized spacial score (nSPS) is 38.3. The molecule has 0 aliphatic carbocycles. The van der Waals surface area contributed by atoms with Gasteiger partial charge in [-0.2, -0.15) is 0 Å². The maximum absolute atomic E-state index is 5.22. The van der Waals surface area contributed by atoms with Gasteiger partial charge >= 0.3 is 0 Å². The molecule has 2 aliphatic rings. The molecule has 0 aromatic carbocycles. The minimum atomic E-state index is 0.277. The Morgan fingerprint density at radius 3 is 3.30 bits per heavy atom. The second kappa shape index (κ2) is 2.23. The molecule has 0 spiro atoms. The van der Waals surface area contributed by atoms with Gasteiger partial charge in [0.1, 0.15) is 6.10 Å². The zero-order valence-corrected chi connectivity index (χ0v) is 6.04. The fourth-order valence-electron chi connectivity index (χ4n) is 1.48. The van der Waals surface area contributed by atoms with Gasteiger partial charge in [0.15, 0.2) is 0 Å². The molecular formula is C7H11NO2. The molecule has 0 unspecified atom stereocenters. The van der Waals surface area contributed by atoms with E-state index in [1.54, 1.807) is 0 Å². The first-order valence-electron chi connectivity index (χ1n) is 3.68. The van der Waals surface area contributed by atoms with Crippen LogP contribution in [0.5, 0.6) is 0 Å². The first-order chi connectivity index (χ1) is 4.88. The van der Waals surface area contributed by atoms with E-state index in [4.69, 9.17) is 9.57 Å². The average molecular weight is 141 g/mol. The van der Waals surface area contributed by atoms with E-state index in [1.807, 2.05) is 0 Å². The summed E-state index contributed by atoms with van der Waals surface area (Å²) in [5.74, 6) is 0.536. The molecule has 1 fully saturated rings. The van der Waals surface area contributed by atoms with Gasteiger partial charge in [-0.1, -0.05) is 5.16 Å². The third-order valence-electron chi connectivity index (χ3n) is 2.15. The first-order valence-corrected chi connectivity index (χ1v) is 3.68. The predicted octanol–water partition coefficient (Wildman–Crippen LogP) is 0.798. The number of oxime groups is 1. The largest absolute Gasteiger partial charge is 0.392 e. The molecule has 2 aliphatic heterocycles. The standard InChI is InChI=1S/C7H11NO2/c1-5-6-2-3-9-4-7(6)8-10-5/h5-6H,2-4H2,1H3/t5-,6-/m0/s1. The van der Waals surface area contributed by atoms with Crippen LogP contribution in [-0.2, 0) is 9.57 Å². The number of hydrogen-bond acceptors (Lipinski definition) is 3. The van der Waals surface area contributed by atoms with E-state index in [0.717, 1.165) is 18.7 Å². The Balaban J connectivity index is 2.11. The highest BCUT2D eigenvalue weighted by molar-refractivity contribution is 5.89. The molecule has 0 N–H and O–H groups in total. The summed E-state index contributed by atoms with van der Waals surface area (Å²) in [4.78, 5) is 5.11. The summed E-state index contributed by atoms with van der Waals surface area (Å²) in [6.07, 6.45) is 1.35. The van der Waals surface area contributed by atoms with Crippen LogP contribution in [0.1, 0.15) is 13.3 Å². The van der Waals surface area contributed by atoms with Crippen LogP contribution in [-0.4, -0.2) is 25.0 Å². The Morgan fingerprint density at radius 1 is 1.60 bits per heavy atom. The number of fused-ring (bicyclic) bond motifs is 1. The van der Waals surface area contributed by atoms with Crippen molar-refractivity contribution >= 4 is 5.71 Å². The summed E-state index contributed by atoms with van der Waals surface area (Å²) in [5.41, 5.74) is 1.10. The van der Waals surface area contributed by atoms with Gasteiger partial charge in [-0.3, -0.25) is 0 Å². The fourth-order valence-corrected chi connectivity index (χ4v) is 1.48. The van der Waals surface area contributed by atoms with E-state index in [9.17, 15) is 0 Å². The average Bonchev–Trinajstić information content (AvgIpc) is 2.34. The van der Waals surface area contributed by atoms with Gasteiger partial charge in [0, 0.05) is 12.5 Å². The minimum Gasteiger partial charge on any atom is -0.392 e. The molecule has 3 heteroatoms. The van der Waals surface area contributed by atoms with Gasteiger partial charge in [-0.05, 0) is 13.3 Å². The second-order valence-electron chi connectivity index (χ2n) is 2.84. The van der Waals surface area contributed by atoms with E-state index in [1.165, 1.54) is 0 Å². The third kappa shape index (κ3) is 0.814. The van der Waals surface area contributed by atoms with E-state index in [0.29, 0.717) is 12.5 Å². The van der Waals surface area contributed by atoms with Crippen LogP contribution in [0.2, 0.25) is 0 Å². The first kappa shape index (κ1) is 6.16. The molecule has 2 rings (SSSR count). The number of hydrogen-bond donors (Lipinski definition) is 0. The number of nitrogens with zero attached hydrogens (tertiary/aromatic N) is 1. The summed E-state index contributed by atoms with van der Waals surface area (Å²) in [5, 5.41) is 3.93. The van der Waals surface area contributed by atoms with Crippen molar-refractivity contribution in [2.75, 3.05) is 13.2 Å². The van der Waals surface area contributed by atoms with Crippen molar-refractivity contribution < 1.29 is 9.57 Å². The number of rotatable bonds is 0. The van der Waals surface area contributed by atoms with E-state index in [-0.39, 0.29) is 6.10 Å². The molecule has 0 aromatic heterocycles. The second-order valence-corrected chi connectivity index (χ2v) is 2.84. The fraction of sp³-hybridized carbons (Fsp3) is 0.857. The maximum Gasteiger partial charge on any atom is 0.133 e. The van der Waals surface area contributed by atoms with Crippen LogP contribution < -0.4 is 0 Å². The molecule has 3 nitrogen and oxygen atoms in total. The van der Waals surface area contributed by atoms with Gasteiger partial charge in [-0.25, -0.2) is 0 Å². The minimum absolute atomic E-state index is 0.277. The lowest BCUT2D eigenvalue weighted by molar-refractivity contribution is 0.0613. The zero-order chi connectivity index (χ0) is 6.97. The molecule has 0 saturated carbocycles. The Hall–Kier alpha value is -0.570. The van der Waals surface area contributed by atoms with Gasteiger partial charge in [0.05, 0.1) is 12.3 Å². The molecule has 2 heterocycles. The van der Waals surface area contributed by atoms with Gasteiger partial charge in [-0.15, -0.1) is 0 Å². The van der Waals surface area contributed by atoms with Crippen molar-refractivity contribution in [1.82, 2.24) is 0 Å². The van der Waals surface area contributed by atoms with Crippen molar-refractivity contribution in [3.63, 3.8) is 0 Å². The molecular weight excluding hydrogens is 130 g/mol. The summed E-state index contributed by atoms with van der Waals surface area (Å²) in [6, 6.07) is 0. The van der Waals surface area contributed by atoms with Crippen LogP contribution in [0.3, 0.4) is 0 Å². The molecule has 56 valence electrons. The highest BCUT2D eigenvalue weighted by Crippen LogP contribution is 2.24. The van der Waals surface area contributed by atoms with Crippen LogP contribution >= 0.6 is 0 Å². The molecule has 0 amide bonds. The highest BCUT2D eigenvalue weighted by Gasteiger charge is 2.32. The van der Waals surface area contributed by atoms with Crippen molar-refractivity contribution in [3.05, 3.63) is 0 Å². The molecule has 1 saturated heterocycles. The summed E-state index contributed by atoms with van der Waals surface area (Å²) >= 11 is 0. The molecule has 0 bridgehead atoms. The Bertz CT molecular complexity index is 167. The summed E-state index contributed by atoms with van der Waals surface area (Å²) in [7, 11) is 0. The van der Waals surface area contributed by atoms with Crippen molar-refractivity contribution in [2.45, 2.75) is 19.4 Å². The van der Waals surface area contributed by atoms with E-state index in [2.05, 4.69) is 12.1 Å². The molecule has 0 aromatic rings. The summed E-state index contributed by atoms with van der Waals surface area (Å²) in [6.45, 7) is 3.60. The van der Waals surface area contributed by atoms with E-state index < -0.39 is 0 Å². The quantitative estimate of drug-likeness (QED) is 0.499. The van der Waals surface area contributed by atoms with Crippen LogP contribution in [0.4, 0.5) is 0 Å². The lowest BCUT2D eigenvalue weighted by Gasteiger charge is -2.19. The maximum atomic E-state index is 5.22. The van der Waals surface area contributed by atoms with Crippen molar-refractivity contribution in [2.24, 2.45) is 11.1 Å². The predicted molar refractivity (Wildman–Crippen MR) is 36.9 cm³/mol. The topological polar surface area (TPSA) is 30.8 Å². The lowest BCUT2D eigenvalue weighted by atomic mass is 9.94. The Labute approximate surface area is 60.0 Å². The monoisotopic (exact) mass is 141 g/mol. The smallest absolute Gasteiger partial charge is 0.133 e. The molecule has 0 radical (unpaired) electrons. The lowest BCUT2D eigenvalue weighted by Crippen LogP contribution is -2.30. The zero-order valence-electron chi connectivity index (χ0n) is 6.04. The van der Waals surface area contributed by atoms with Gasteiger partial charge < -0.3 is 9.57 Å². The van der Waals surface area contributed by atoms with Crippen molar-refractivity contribution in [1.29, 1.82) is 0 Å². The van der Waals surface area contributed by atoms with Crippen LogP contribution in [0, 0.1) is 5.92 Å². The van der Waals surface area contributed by atoms with Gasteiger partial charge in [0.25, 0.3) is 0 Å². The summed E-state index contributed by atoms with van der Waals surface area (Å²) < 4.78 is 5.22. The van der Waals surface area contributed by atoms with Gasteiger partial charge in [0.2, 0.25) is 0 Å². The Kier molecular flexibility index (Phi) is 1.38. The van der Waals surface area contributed by atoms with Crippen LogP contribution in [0.25, 0.3) is 0 Å². The SMILES string of the molecule is C[C@@H]1ON=C2COCC[C@H]21. The molecule has 2 atom stereocenters. The third-order valence-corrected chi connectivity index (χ3v) is 2.15. The van der Waals surface area contributed by atoms with Crippen LogP contribution in [0.15, 0.2) is 5.16 Å². The number of ether oxygens (including phenoxy) is 1. The van der Waals surface area contributed by atoms with E-state index >= 15 is 0 Å². The molecule has 10 heavy (non-hydrogen) atoms. The van der Waals surface area contributed by atoms with Crippen molar-refractivity contribution in [3.8, 4) is 0 Å².